The molecule has 29 heavy (non-hydrogen) atoms. The maximum Gasteiger partial charge on any atom is 0.251 e. The van der Waals surface area contributed by atoms with Crippen LogP contribution >= 0.6 is 0 Å². The molecule has 1 amide bonds. The van der Waals surface area contributed by atoms with E-state index in [2.05, 4.69) is 10.0 Å². The first-order valence-electron chi connectivity index (χ1n) is 9.72. The van der Waals surface area contributed by atoms with Crippen LogP contribution in [0.5, 0.6) is 0 Å². The van der Waals surface area contributed by atoms with E-state index in [-0.39, 0.29) is 34.8 Å². The van der Waals surface area contributed by atoms with Gasteiger partial charge in [0.15, 0.2) is 0 Å². The zero-order valence-corrected chi connectivity index (χ0v) is 17.4. The van der Waals surface area contributed by atoms with Crippen LogP contribution < -0.4 is 14.9 Å². The highest BCUT2D eigenvalue weighted by molar-refractivity contribution is 7.89. The first-order chi connectivity index (χ1) is 13.8. The van der Waals surface area contributed by atoms with Gasteiger partial charge in [-0.2, -0.15) is 0 Å². The molecule has 2 aromatic rings. The van der Waals surface area contributed by atoms with Crippen LogP contribution in [0, 0.1) is 12.7 Å². The van der Waals surface area contributed by atoms with Crippen molar-refractivity contribution in [2.45, 2.75) is 37.6 Å². The van der Waals surface area contributed by atoms with Crippen molar-refractivity contribution in [1.29, 1.82) is 0 Å². The minimum absolute atomic E-state index is 0.0547. The van der Waals surface area contributed by atoms with E-state index in [0.717, 1.165) is 24.9 Å². The van der Waals surface area contributed by atoms with E-state index in [4.69, 9.17) is 0 Å². The monoisotopic (exact) mass is 419 g/mol. The number of sulfonamides is 1. The van der Waals surface area contributed by atoms with E-state index >= 15 is 0 Å². The van der Waals surface area contributed by atoms with Crippen molar-refractivity contribution in [1.82, 2.24) is 10.0 Å². The summed E-state index contributed by atoms with van der Waals surface area (Å²) in [6.07, 6.45) is 1.61. The molecular formula is C21H26FN3O3S. The molecule has 1 atom stereocenters. The molecule has 0 saturated carbocycles. The van der Waals surface area contributed by atoms with E-state index in [0.29, 0.717) is 12.2 Å². The number of nitrogens with one attached hydrogen (secondary N) is 2. The zero-order chi connectivity index (χ0) is 21.0. The summed E-state index contributed by atoms with van der Waals surface area (Å²) in [4.78, 5) is 14.7. The van der Waals surface area contributed by atoms with Crippen molar-refractivity contribution in [2.24, 2.45) is 0 Å². The van der Waals surface area contributed by atoms with Gasteiger partial charge in [-0.1, -0.05) is 19.1 Å². The number of nitrogens with zero attached hydrogens (tertiary/aromatic N) is 1. The molecule has 6 nitrogen and oxygen atoms in total. The van der Waals surface area contributed by atoms with Gasteiger partial charge in [0.05, 0.1) is 10.6 Å². The lowest BCUT2D eigenvalue weighted by Crippen LogP contribution is -2.48. The summed E-state index contributed by atoms with van der Waals surface area (Å²) in [7, 11) is -3.63. The van der Waals surface area contributed by atoms with Crippen molar-refractivity contribution in [2.75, 3.05) is 24.5 Å². The number of benzene rings is 2. The highest BCUT2D eigenvalue weighted by Gasteiger charge is 2.24. The Morgan fingerprint density at radius 1 is 1.24 bits per heavy atom. The number of carbonyl (C=O) groups excluding carboxylic acids is 1. The van der Waals surface area contributed by atoms with Crippen LogP contribution in [0.2, 0.25) is 0 Å². The van der Waals surface area contributed by atoms with Gasteiger partial charge in [-0.15, -0.1) is 0 Å². The minimum Gasteiger partial charge on any atom is -0.367 e. The summed E-state index contributed by atoms with van der Waals surface area (Å²) >= 11 is 0. The lowest BCUT2D eigenvalue weighted by Gasteiger charge is -2.35. The zero-order valence-electron chi connectivity index (χ0n) is 16.6. The van der Waals surface area contributed by atoms with Gasteiger partial charge in [-0.25, -0.2) is 17.5 Å². The van der Waals surface area contributed by atoms with E-state index in [1.54, 1.807) is 25.1 Å². The summed E-state index contributed by atoms with van der Waals surface area (Å²) in [6.45, 7) is 5.11. The van der Waals surface area contributed by atoms with Crippen LogP contribution in [-0.4, -0.2) is 40.0 Å². The molecule has 2 N–H and O–H groups in total. The molecule has 1 heterocycles. The third kappa shape index (κ3) is 5.13. The Morgan fingerprint density at radius 2 is 2.03 bits per heavy atom. The Balaban J connectivity index is 1.72. The average molecular weight is 420 g/mol. The third-order valence-electron chi connectivity index (χ3n) is 4.94. The third-order valence-corrected chi connectivity index (χ3v) is 6.48. The first-order valence-corrected chi connectivity index (χ1v) is 11.2. The van der Waals surface area contributed by atoms with Crippen LogP contribution in [0.15, 0.2) is 47.4 Å². The van der Waals surface area contributed by atoms with E-state index in [1.807, 2.05) is 17.9 Å². The summed E-state index contributed by atoms with van der Waals surface area (Å²) in [6, 6.07) is 10.8. The molecule has 3 rings (SSSR count). The normalized spacial score (nSPS) is 17.2. The lowest BCUT2D eigenvalue weighted by molar-refractivity contribution is 0.0933. The highest BCUT2D eigenvalue weighted by Crippen LogP contribution is 2.24. The molecule has 1 fully saturated rings. The predicted molar refractivity (Wildman–Crippen MR) is 111 cm³/mol. The van der Waals surface area contributed by atoms with Gasteiger partial charge in [0, 0.05) is 31.2 Å². The van der Waals surface area contributed by atoms with Crippen molar-refractivity contribution < 1.29 is 17.6 Å². The van der Waals surface area contributed by atoms with Gasteiger partial charge in [0.2, 0.25) is 10.0 Å². The number of rotatable bonds is 6. The summed E-state index contributed by atoms with van der Waals surface area (Å²) < 4.78 is 41.0. The van der Waals surface area contributed by atoms with Gasteiger partial charge in [-0.3, -0.25) is 4.79 Å². The maximum absolute atomic E-state index is 14.2. The molecule has 0 bridgehead atoms. The van der Waals surface area contributed by atoms with Crippen molar-refractivity contribution in [3.63, 3.8) is 0 Å². The van der Waals surface area contributed by atoms with Crippen LogP contribution in [0.1, 0.15) is 35.7 Å². The van der Waals surface area contributed by atoms with Gasteiger partial charge in [0.25, 0.3) is 5.91 Å². The molecule has 1 aliphatic heterocycles. The molecule has 1 aliphatic rings. The number of amides is 1. The Labute approximate surface area is 171 Å². The fourth-order valence-electron chi connectivity index (χ4n) is 3.53. The van der Waals surface area contributed by atoms with Gasteiger partial charge < -0.3 is 10.2 Å². The molecule has 0 radical (unpaired) electrons. The van der Waals surface area contributed by atoms with E-state index in [9.17, 15) is 17.6 Å². The minimum atomic E-state index is -3.63. The number of halogens is 1. The lowest BCUT2D eigenvalue weighted by atomic mass is 10.0. The number of piperidine rings is 1. The summed E-state index contributed by atoms with van der Waals surface area (Å²) in [5, 5.41) is 2.96. The Hall–Kier alpha value is -2.45. The molecule has 0 aliphatic carbocycles. The molecular weight excluding hydrogens is 393 g/mol. The summed E-state index contributed by atoms with van der Waals surface area (Å²) in [5.74, 6) is -0.612. The second-order valence-electron chi connectivity index (χ2n) is 7.24. The van der Waals surface area contributed by atoms with Gasteiger partial charge in [0.1, 0.15) is 5.82 Å². The molecule has 156 valence electrons. The van der Waals surface area contributed by atoms with Gasteiger partial charge in [-0.05, 0) is 55.7 Å². The molecule has 2 aromatic carbocycles. The smallest absolute Gasteiger partial charge is 0.251 e. The number of hydrogen-bond acceptors (Lipinski definition) is 4. The van der Waals surface area contributed by atoms with E-state index in [1.165, 1.54) is 18.2 Å². The van der Waals surface area contributed by atoms with Crippen LogP contribution in [0.25, 0.3) is 0 Å². The standard InChI is InChI=1S/C21H26FN3O3S/c1-3-23-29(27,28)18-8-4-6-16(13-18)21(26)24-17-7-5-11-25(14-17)20-12-15(2)9-10-19(20)22/h4,6,8-10,12-13,17,23H,3,5,7,11,14H2,1-2H3,(H,24,26). The molecule has 0 spiro atoms. The molecule has 8 heteroatoms. The topological polar surface area (TPSA) is 78.5 Å². The number of anilines is 1. The number of carbonyl (C=O) groups is 1. The van der Waals surface area contributed by atoms with Crippen molar-refractivity contribution >= 4 is 21.6 Å². The Bertz CT molecular complexity index is 994. The van der Waals surface area contributed by atoms with E-state index < -0.39 is 10.0 Å². The van der Waals surface area contributed by atoms with Crippen LogP contribution in [0.4, 0.5) is 10.1 Å². The Kier molecular flexibility index (Phi) is 6.54. The maximum atomic E-state index is 14.2. The summed E-state index contributed by atoms with van der Waals surface area (Å²) in [5.41, 5.74) is 1.80. The number of aryl methyl sites for hydroxylation is 1. The molecule has 0 aromatic heterocycles. The molecule has 1 saturated heterocycles. The largest absolute Gasteiger partial charge is 0.367 e. The second-order valence-corrected chi connectivity index (χ2v) is 9.01. The van der Waals surface area contributed by atoms with Crippen LogP contribution in [0.3, 0.4) is 0 Å². The molecule has 1 unspecified atom stereocenters. The Morgan fingerprint density at radius 3 is 2.79 bits per heavy atom. The average Bonchev–Trinajstić information content (AvgIpc) is 2.70. The highest BCUT2D eigenvalue weighted by atomic mass is 32.2. The van der Waals surface area contributed by atoms with Crippen molar-refractivity contribution in [3.05, 3.63) is 59.4 Å². The second kappa shape index (κ2) is 8.92. The fraction of sp³-hybridized carbons (Fsp3) is 0.381. The number of hydrogen-bond donors (Lipinski definition) is 2. The SMILES string of the molecule is CCNS(=O)(=O)c1cccc(C(=O)NC2CCCN(c3cc(C)ccc3F)C2)c1. The predicted octanol–water partition coefficient (Wildman–Crippen LogP) is 2.83. The van der Waals surface area contributed by atoms with Crippen molar-refractivity contribution in [3.8, 4) is 0 Å². The first kappa shape index (κ1) is 21.3. The van der Waals surface area contributed by atoms with Gasteiger partial charge >= 0.3 is 0 Å². The quantitative estimate of drug-likeness (QED) is 0.755. The van der Waals surface area contributed by atoms with Crippen LogP contribution in [-0.2, 0) is 10.0 Å². The fourth-order valence-corrected chi connectivity index (χ4v) is 4.61.